The Morgan fingerprint density at radius 3 is 2.62 bits per heavy atom. The molecular formula is C10H11ClO2. The van der Waals surface area contributed by atoms with Crippen molar-refractivity contribution < 1.29 is 9.53 Å². The summed E-state index contributed by atoms with van der Waals surface area (Å²) in [5.74, 6) is -0.251. The van der Waals surface area contributed by atoms with Crippen molar-refractivity contribution in [2.24, 2.45) is 0 Å². The lowest BCUT2D eigenvalue weighted by Gasteiger charge is -2.00. The van der Waals surface area contributed by atoms with Gasteiger partial charge < -0.3 is 4.74 Å². The van der Waals surface area contributed by atoms with E-state index in [2.05, 4.69) is 4.74 Å². The highest BCUT2D eigenvalue weighted by Crippen LogP contribution is 2.03. The van der Waals surface area contributed by atoms with Crippen LogP contribution in [0.25, 0.3) is 0 Å². The van der Waals surface area contributed by atoms with E-state index in [4.69, 9.17) is 11.6 Å². The van der Waals surface area contributed by atoms with Crippen molar-refractivity contribution in [2.75, 3.05) is 6.07 Å². The number of rotatable bonds is 4. The lowest BCUT2D eigenvalue weighted by Crippen LogP contribution is -2.04. The van der Waals surface area contributed by atoms with Crippen LogP contribution < -0.4 is 0 Å². The van der Waals surface area contributed by atoms with Crippen LogP contribution in [-0.4, -0.2) is 12.0 Å². The van der Waals surface area contributed by atoms with Gasteiger partial charge in [-0.05, 0) is 12.0 Å². The SMILES string of the molecule is O=C(CCc1ccccc1)OCCl. The summed E-state index contributed by atoms with van der Waals surface area (Å²) < 4.78 is 4.59. The summed E-state index contributed by atoms with van der Waals surface area (Å²) in [5.41, 5.74) is 1.13. The van der Waals surface area contributed by atoms with Crippen LogP contribution in [0.3, 0.4) is 0 Å². The van der Waals surface area contributed by atoms with E-state index in [0.717, 1.165) is 5.56 Å². The zero-order valence-electron chi connectivity index (χ0n) is 7.20. The first-order valence-electron chi connectivity index (χ1n) is 4.08. The fourth-order valence-electron chi connectivity index (χ4n) is 1.02. The molecule has 1 aromatic rings. The predicted octanol–water partition coefficient (Wildman–Crippen LogP) is 2.36. The first-order valence-corrected chi connectivity index (χ1v) is 4.62. The molecule has 0 saturated heterocycles. The van der Waals surface area contributed by atoms with Crippen LogP contribution in [-0.2, 0) is 16.0 Å². The minimum Gasteiger partial charge on any atom is -0.449 e. The highest BCUT2D eigenvalue weighted by molar-refractivity contribution is 6.17. The van der Waals surface area contributed by atoms with Gasteiger partial charge in [0.2, 0.25) is 0 Å². The summed E-state index contributed by atoms with van der Waals surface area (Å²) >= 11 is 5.24. The maximum Gasteiger partial charge on any atom is 0.307 e. The summed E-state index contributed by atoms with van der Waals surface area (Å²) in [6.45, 7) is 0. The van der Waals surface area contributed by atoms with Gasteiger partial charge in [0, 0.05) is 6.42 Å². The number of esters is 1. The molecule has 0 atom stereocenters. The van der Waals surface area contributed by atoms with Gasteiger partial charge in [-0.15, -0.1) is 0 Å². The molecule has 0 spiro atoms. The number of ether oxygens (including phenoxy) is 1. The first kappa shape index (κ1) is 10.1. The fourth-order valence-corrected chi connectivity index (χ4v) is 1.15. The number of benzene rings is 1. The lowest BCUT2D eigenvalue weighted by molar-refractivity contribution is -0.141. The average Bonchev–Trinajstić information content (AvgIpc) is 2.17. The largest absolute Gasteiger partial charge is 0.449 e. The summed E-state index contributed by atoms with van der Waals surface area (Å²) in [5, 5.41) is 0. The van der Waals surface area contributed by atoms with E-state index in [1.54, 1.807) is 0 Å². The summed E-state index contributed by atoms with van der Waals surface area (Å²) in [6, 6.07) is 9.74. The van der Waals surface area contributed by atoms with Gasteiger partial charge in [-0.2, -0.15) is 0 Å². The molecule has 0 aliphatic carbocycles. The van der Waals surface area contributed by atoms with E-state index in [1.165, 1.54) is 0 Å². The smallest absolute Gasteiger partial charge is 0.307 e. The van der Waals surface area contributed by atoms with Crippen molar-refractivity contribution in [1.29, 1.82) is 0 Å². The number of hydrogen-bond acceptors (Lipinski definition) is 2. The molecule has 0 N–H and O–H groups in total. The van der Waals surface area contributed by atoms with Gasteiger partial charge in [0.05, 0.1) is 0 Å². The summed E-state index contributed by atoms with van der Waals surface area (Å²) in [4.78, 5) is 10.9. The highest BCUT2D eigenvalue weighted by atomic mass is 35.5. The lowest BCUT2D eigenvalue weighted by atomic mass is 10.1. The van der Waals surface area contributed by atoms with Crippen molar-refractivity contribution in [3.05, 3.63) is 35.9 Å². The quantitative estimate of drug-likeness (QED) is 0.549. The molecule has 70 valence electrons. The normalized spacial score (nSPS) is 9.62. The maximum absolute atomic E-state index is 10.9. The van der Waals surface area contributed by atoms with E-state index in [9.17, 15) is 4.79 Å². The molecule has 1 rings (SSSR count). The number of alkyl halides is 1. The standard InChI is InChI=1S/C10H11ClO2/c11-8-13-10(12)7-6-9-4-2-1-3-5-9/h1-5H,6-8H2. The van der Waals surface area contributed by atoms with Crippen LogP contribution in [0.1, 0.15) is 12.0 Å². The molecule has 0 aromatic heterocycles. The summed E-state index contributed by atoms with van der Waals surface area (Å²) in [6.07, 6.45) is 1.09. The van der Waals surface area contributed by atoms with Crippen LogP contribution in [0.2, 0.25) is 0 Å². The second-order valence-electron chi connectivity index (χ2n) is 2.61. The van der Waals surface area contributed by atoms with Crippen molar-refractivity contribution in [3.63, 3.8) is 0 Å². The van der Waals surface area contributed by atoms with Crippen LogP contribution in [0, 0.1) is 0 Å². The third-order valence-corrected chi connectivity index (χ3v) is 1.79. The van der Waals surface area contributed by atoms with E-state index in [-0.39, 0.29) is 12.0 Å². The molecule has 13 heavy (non-hydrogen) atoms. The van der Waals surface area contributed by atoms with Crippen molar-refractivity contribution in [3.8, 4) is 0 Å². The molecule has 3 heteroatoms. The molecule has 2 nitrogen and oxygen atoms in total. The number of carbonyl (C=O) groups is 1. The first-order chi connectivity index (χ1) is 6.33. The van der Waals surface area contributed by atoms with E-state index >= 15 is 0 Å². The number of hydrogen-bond donors (Lipinski definition) is 0. The molecule has 0 amide bonds. The Hall–Kier alpha value is -1.02. The Morgan fingerprint density at radius 2 is 2.00 bits per heavy atom. The topological polar surface area (TPSA) is 26.3 Å². The molecule has 0 heterocycles. The van der Waals surface area contributed by atoms with Crippen molar-refractivity contribution in [2.45, 2.75) is 12.8 Å². The van der Waals surface area contributed by atoms with Crippen LogP contribution in [0.5, 0.6) is 0 Å². The minimum atomic E-state index is -0.251. The third-order valence-electron chi connectivity index (χ3n) is 1.68. The molecule has 0 radical (unpaired) electrons. The average molecular weight is 199 g/mol. The van der Waals surface area contributed by atoms with Crippen LogP contribution in [0.15, 0.2) is 30.3 Å². The molecule has 0 saturated carbocycles. The Kier molecular flexibility index (Phi) is 4.33. The Balaban J connectivity index is 2.31. The summed E-state index contributed by atoms with van der Waals surface area (Å²) in [7, 11) is 0. The molecule has 0 aliphatic rings. The van der Waals surface area contributed by atoms with E-state index in [0.29, 0.717) is 12.8 Å². The van der Waals surface area contributed by atoms with E-state index in [1.807, 2.05) is 30.3 Å². The molecule has 0 bridgehead atoms. The molecule has 0 fully saturated rings. The Bertz CT molecular complexity index is 259. The number of aryl methyl sites for hydroxylation is 1. The Morgan fingerprint density at radius 1 is 1.31 bits per heavy atom. The Labute approximate surface area is 82.5 Å². The second kappa shape index (κ2) is 5.60. The molecule has 0 unspecified atom stereocenters. The molecular weight excluding hydrogens is 188 g/mol. The van der Waals surface area contributed by atoms with Gasteiger partial charge in [0.15, 0.2) is 6.07 Å². The number of carbonyl (C=O) groups excluding carboxylic acids is 1. The monoisotopic (exact) mass is 198 g/mol. The van der Waals surface area contributed by atoms with Gasteiger partial charge in [0.1, 0.15) is 0 Å². The van der Waals surface area contributed by atoms with Gasteiger partial charge >= 0.3 is 5.97 Å². The zero-order chi connectivity index (χ0) is 9.52. The third kappa shape index (κ3) is 3.95. The fraction of sp³-hybridized carbons (Fsp3) is 0.300. The zero-order valence-corrected chi connectivity index (χ0v) is 7.96. The minimum absolute atomic E-state index is 0.0619. The highest BCUT2D eigenvalue weighted by Gasteiger charge is 2.01. The molecule has 1 aromatic carbocycles. The van der Waals surface area contributed by atoms with E-state index < -0.39 is 0 Å². The number of halogens is 1. The van der Waals surface area contributed by atoms with Crippen LogP contribution >= 0.6 is 11.6 Å². The van der Waals surface area contributed by atoms with Crippen molar-refractivity contribution in [1.82, 2.24) is 0 Å². The van der Waals surface area contributed by atoms with Gasteiger partial charge in [0.25, 0.3) is 0 Å². The van der Waals surface area contributed by atoms with Gasteiger partial charge in [-0.25, -0.2) is 0 Å². The maximum atomic E-state index is 10.9. The molecule has 0 aliphatic heterocycles. The van der Waals surface area contributed by atoms with Crippen molar-refractivity contribution >= 4 is 17.6 Å². The van der Waals surface area contributed by atoms with Gasteiger partial charge in [-0.3, -0.25) is 4.79 Å². The van der Waals surface area contributed by atoms with Crippen LogP contribution in [0.4, 0.5) is 0 Å². The van der Waals surface area contributed by atoms with Gasteiger partial charge in [-0.1, -0.05) is 41.9 Å². The second-order valence-corrected chi connectivity index (χ2v) is 2.83. The predicted molar refractivity (Wildman–Crippen MR) is 51.6 cm³/mol.